The molecule has 1 heterocycles. The Morgan fingerprint density at radius 1 is 1.44 bits per heavy atom. The number of rotatable bonds is 9. The number of aromatic nitrogens is 2. The molecular weight excluding hydrogens is 232 g/mol. The third-order valence-electron chi connectivity index (χ3n) is 2.46. The summed E-state index contributed by atoms with van der Waals surface area (Å²) < 4.78 is 5.05. The smallest absolute Gasteiger partial charge is 0.222 e. The van der Waals surface area contributed by atoms with Gasteiger partial charge in [0, 0.05) is 39.5 Å². The molecule has 1 aromatic heterocycles. The Morgan fingerprint density at radius 2 is 2.28 bits per heavy atom. The predicted octanol–water partition coefficient (Wildman–Crippen LogP) is 0.349. The van der Waals surface area contributed by atoms with Crippen LogP contribution in [-0.4, -0.2) is 59.9 Å². The molecule has 0 saturated heterocycles. The zero-order chi connectivity index (χ0) is 13.2. The van der Waals surface area contributed by atoms with Gasteiger partial charge in [-0.2, -0.15) is 0 Å². The molecule has 0 aromatic carbocycles. The lowest BCUT2D eigenvalue weighted by Gasteiger charge is -2.20. The minimum absolute atomic E-state index is 0.134. The molecule has 0 fully saturated rings. The molecule has 6 nitrogen and oxygen atoms in total. The van der Waals surface area contributed by atoms with Crippen molar-refractivity contribution < 1.29 is 9.84 Å². The van der Waals surface area contributed by atoms with Gasteiger partial charge >= 0.3 is 0 Å². The van der Waals surface area contributed by atoms with Crippen molar-refractivity contribution in [2.75, 3.05) is 45.3 Å². The summed E-state index contributed by atoms with van der Waals surface area (Å²) >= 11 is 0. The van der Waals surface area contributed by atoms with Crippen molar-refractivity contribution in [2.45, 2.75) is 13.5 Å². The second-order valence-electron chi connectivity index (χ2n) is 3.89. The van der Waals surface area contributed by atoms with E-state index >= 15 is 0 Å². The highest BCUT2D eigenvalue weighted by molar-refractivity contribution is 5.24. The van der Waals surface area contributed by atoms with Gasteiger partial charge in [-0.15, -0.1) is 0 Å². The largest absolute Gasteiger partial charge is 0.395 e. The summed E-state index contributed by atoms with van der Waals surface area (Å²) in [6.07, 6.45) is 1.74. The molecule has 6 heteroatoms. The zero-order valence-corrected chi connectivity index (χ0v) is 11.1. The van der Waals surface area contributed by atoms with Crippen LogP contribution in [-0.2, 0) is 11.3 Å². The highest BCUT2D eigenvalue weighted by atomic mass is 16.5. The number of nitrogens with zero attached hydrogens (tertiary/aromatic N) is 3. The van der Waals surface area contributed by atoms with E-state index in [1.54, 1.807) is 13.3 Å². The van der Waals surface area contributed by atoms with Crippen LogP contribution in [0.4, 0.5) is 5.95 Å². The quantitative estimate of drug-likeness (QED) is 0.662. The highest BCUT2D eigenvalue weighted by Crippen LogP contribution is 2.04. The molecule has 0 unspecified atom stereocenters. The summed E-state index contributed by atoms with van der Waals surface area (Å²) in [6, 6.07) is 1.89. The monoisotopic (exact) mass is 254 g/mol. The van der Waals surface area contributed by atoms with Crippen molar-refractivity contribution in [2.24, 2.45) is 0 Å². The van der Waals surface area contributed by atoms with Gasteiger partial charge in [0.05, 0.1) is 18.9 Å². The zero-order valence-electron chi connectivity index (χ0n) is 11.1. The number of aliphatic hydroxyl groups is 1. The molecule has 0 amide bonds. The molecule has 0 spiro atoms. The summed E-state index contributed by atoms with van der Waals surface area (Å²) in [6.45, 7) is 5.66. The fraction of sp³-hybridized carbons (Fsp3) is 0.667. The number of methoxy groups -OCH3 is 1. The minimum atomic E-state index is 0.134. The van der Waals surface area contributed by atoms with Crippen LogP contribution >= 0.6 is 0 Å². The fourth-order valence-corrected chi connectivity index (χ4v) is 1.59. The molecular formula is C12H22N4O2. The van der Waals surface area contributed by atoms with Gasteiger partial charge in [0.15, 0.2) is 0 Å². The molecule has 0 radical (unpaired) electrons. The van der Waals surface area contributed by atoms with Crippen molar-refractivity contribution in [3.63, 3.8) is 0 Å². The first-order chi connectivity index (χ1) is 8.80. The molecule has 0 aliphatic heterocycles. The van der Waals surface area contributed by atoms with Crippen molar-refractivity contribution in [3.05, 3.63) is 18.0 Å². The van der Waals surface area contributed by atoms with Crippen molar-refractivity contribution in [1.82, 2.24) is 14.9 Å². The molecule has 0 bridgehead atoms. The predicted molar refractivity (Wildman–Crippen MR) is 70.4 cm³/mol. The number of nitrogens with one attached hydrogen (secondary N) is 1. The number of ether oxygens (including phenoxy) is 1. The molecule has 0 saturated carbocycles. The summed E-state index contributed by atoms with van der Waals surface area (Å²) in [4.78, 5) is 10.6. The normalized spacial score (nSPS) is 10.9. The molecule has 18 heavy (non-hydrogen) atoms. The maximum absolute atomic E-state index is 9.03. The Morgan fingerprint density at radius 3 is 2.94 bits per heavy atom. The lowest BCUT2D eigenvalue weighted by Crippen LogP contribution is -2.30. The van der Waals surface area contributed by atoms with Crippen LogP contribution in [0.2, 0.25) is 0 Å². The van der Waals surface area contributed by atoms with Crippen LogP contribution in [0.15, 0.2) is 12.3 Å². The van der Waals surface area contributed by atoms with Crippen molar-refractivity contribution >= 4 is 5.95 Å². The molecule has 1 aromatic rings. The van der Waals surface area contributed by atoms with Crippen molar-refractivity contribution in [1.29, 1.82) is 0 Å². The van der Waals surface area contributed by atoms with Gasteiger partial charge in [-0.05, 0) is 13.0 Å². The average molecular weight is 254 g/mol. The van der Waals surface area contributed by atoms with E-state index in [9.17, 15) is 0 Å². The number of hydrogen-bond donors (Lipinski definition) is 2. The SMILES string of the molecule is CCNc1nccc(CN(CCO)CCOC)n1. The van der Waals surface area contributed by atoms with E-state index in [0.717, 1.165) is 18.8 Å². The topological polar surface area (TPSA) is 70.5 Å². The Bertz CT molecular complexity index is 336. The van der Waals surface area contributed by atoms with E-state index in [1.807, 2.05) is 13.0 Å². The van der Waals surface area contributed by atoms with Gasteiger partial charge in [0.25, 0.3) is 0 Å². The van der Waals surface area contributed by atoms with Gasteiger partial charge in [-0.3, -0.25) is 4.90 Å². The van der Waals surface area contributed by atoms with Crippen LogP contribution in [0.3, 0.4) is 0 Å². The maximum atomic E-state index is 9.03. The Labute approximate surface area is 108 Å². The van der Waals surface area contributed by atoms with Gasteiger partial charge < -0.3 is 15.2 Å². The highest BCUT2D eigenvalue weighted by Gasteiger charge is 2.07. The van der Waals surface area contributed by atoms with Crippen LogP contribution < -0.4 is 5.32 Å². The lowest BCUT2D eigenvalue weighted by atomic mass is 10.3. The minimum Gasteiger partial charge on any atom is -0.395 e. The molecule has 1 rings (SSSR count). The molecule has 102 valence electrons. The summed E-state index contributed by atoms with van der Waals surface area (Å²) in [5.41, 5.74) is 0.936. The summed E-state index contributed by atoms with van der Waals surface area (Å²) in [5, 5.41) is 12.1. The molecule has 0 aliphatic carbocycles. The third kappa shape index (κ3) is 5.39. The second kappa shape index (κ2) is 8.79. The van der Waals surface area contributed by atoms with Gasteiger partial charge in [0.2, 0.25) is 5.95 Å². The number of aliphatic hydroxyl groups excluding tert-OH is 1. The van der Waals surface area contributed by atoms with Gasteiger partial charge in [-0.1, -0.05) is 0 Å². The standard InChI is InChI=1S/C12H22N4O2/c1-3-13-12-14-5-4-11(15-12)10-16(6-8-17)7-9-18-2/h4-5,17H,3,6-10H2,1-2H3,(H,13,14,15). The average Bonchev–Trinajstić information content (AvgIpc) is 2.37. The summed E-state index contributed by atoms with van der Waals surface area (Å²) in [7, 11) is 1.67. The molecule has 2 N–H and O–H groups in total. The number of hydrogen-bond acceptors (Lipinski definition) is 6. The first kappa shape index (κ1) is 14.8. The number of anilines is 1. The Kier molecular flexibility index (Phi) is 7.24. The maximum Gasteiger partial charge on any atom is 0.222 e. The fourth-order valence-electron chi connectivity index (χ4n) is 1.59. The summed E-state index contributed by atoms with van der Waals surface area (Å²) in [5.74, 6) is 0.644. The second-order valence-corrected chi connectivity index (χ2v) is 3.89. The van der Waals surface area contributed by atoms with E-state index in [0.29, 0.717) is 25.6 Å². The van der Waals surface area contributed by atoms with Gasteiger partial charge in [0.1, 0.15) is 0 Å². The van der Waals surface area contributed by atoms with E-state index in [2.05, 4.69) is 20.2 Å². The Hall–Kier alpha value is -1.24. The van der Waals surface area contributed by atoms with Crippen LogP contribution in [0.1, 0.15) is 12.6 Å². The van der Waals surface area contributed by atoms with E-state index in [-0.39, 0.29) is 6.61 Å². The first-order valence-corrected chi connectivity index (χ1v) is 6.18. The lowest BCUT2D eigenvalue weighted by molar-refractivity contribution is 0.126. The van der Waals surface area contributed by atoms with Crippen LogP contribution in [0.5, 0.6) is 0 Å². The van der Waals surface area contributed by atoms with E-state index in [1.165, 1.54) is 0 Å². The van der Waals surface area contributed by atoms with Crippen LogP contribution in [0, 0.1) is 0 Å². The van der Waals surface area contributed by atoms with Gasteiger partial charge in [-0.25, -0.2) is 9.97 Å². The van der Waals surface area contributed by atoms with E-state index < -0.39 is 0 Å². The van der Waals surface area contributed by atoms with E-state index in [4.69, 9.17) is 9.84 Å². The van der Waals surface area contributed by atoms with Crippen LogP contribution in [0.25, 0.3) is 0 Å². The third-order valence-corrected chi connectivity index (χ3v) is 2.46. The molecule has 0 aliphatic rings. The first-order valence-electron chi connectivity index (χ1n) is 6.18. The Balaban J connectivity index is 2.58. The molecule has 0 atom stereocenters. The van der Waals surface area contributed by atoms with Crippen molar-refractivity contribution in [3.8, 4) is 0 Å².